The second-order valence-corrected chi connectivity index (χ2v) is 11.0. The number of rotatable bonds is 4. The molecule has 1 saturated heterocycles. The molecule has 6 rings (SSSR count). The molecule has 3 heterocycles. The van der Waals surface area contributed by atoms with E-state index in [-0.39, 0.29) is 11.5 Å². The lowest BCUT2D eigenvalue weighted by Crippen LogP contribution is -2.52. The third-order valence-corrected chi connectivity index (χ3v) is 9.12. The molecule has 2 fully saturated rings. The van der Waals surface area contributed by atoms with Crippen LogP contribution >= 0.6 is 0 Å². The summed E-state index contributed by atoms with van der Waals surface area (Å²) in [5, 5.41) is 4.06. The topological polar surface area (TPSA) is 114 Å². The summed E-state index contributed by atoms with van der Waals surface area (Å²) in [5.41, 5.74) is 3.57. The zero-order valence-corrected chi connectivity index (χ0v) is 19.3. The first-order chi connectivity index (χ1) is 16.0. The van der Waals surface area contributed by atoms with Crippen LogP contribution in [0.2, 0.25) is 0 Å². The van der Waals surface area contributed by atoms with Gasteiger partial charge in [0.15, 0.2) is 0 Å². The van der Waals surface area contributed by atoms with Gasteiger partial charge >= 0.3 is 0 Å². The first kappa shape index (κ1) is 20.9. The van der Waals surface area contributed by atoms with E-state index in [1.807, 2.05) is 13.0 Å². The Balaban J connectivity index is 1.31. The van der Waals surface area contributed by atoms with E-state index in [9.17, 15) is 8.42 Å². The molecule has 1 aliphatic heterocycles. The number of nitrogens with zero attached hydrogens (tertiary/aromatic N) is 5. The van der Waals surface area contributed by atoms with E-state index in [2.05, 4.69) is 37.0 Å². The summed E-state index contributed by atoms with van der Waals surface area (Å²) in [7, 11) is -3.42. The Morgan fingerprint density at radius 2 is 2.00 bits per heavy atom. The van der Waals surface area contributed by atoms with Crippen molar-refractivity contribution in [3.63, 3.8) is 0 Å². The molecule has 3 aromatic rings. The van der Waals surface area contributed by atoms with Gasteiger partial charge < -0.3 is 4.52 Å². The minimum atomic E-state index is -3.42. The van der Waals surface area contributed by atoms with E-state index >= 15 is 0 Å². The fourth-order valence-electron chi connectivity index (χ4n) is 5.94. The number of fused-ring (bicyclic) bond motifs is 1. The highest BCUT2D eigenvalue weighted by Crippen LogP contribution is 2.50. The van der Waals surface area contributed by atoms with Gasteiger partial charge in [-0.1, -0.05) is 18.1 Å². The summed E-state index contributed by atoms with van der Waals surface area (Å²) >= 11 is 0. The minimum absolute atomic E-state index is 0.272. The van der Waals surface area contributed by atoms with Gasteiger partial charge in [-0.05, 0) is 67.2 Å². The normalized spacial score (nSPS) is 28.2. The molecule has 172 valence electrons. The van der Waals surface area contributed by atoms with Crippen LogP contribution in [0.25, 0.3) is 23.0 Å². The molecule has 1 spiro atoms. The molecule has 10 heteroatoms. The fraction of sp³-hybridized carbons (Fsp3) is 0.478. The van der Waals surface area contributed by atoms with Crippen LogP contribution in [-0.2, 0) is 23.1 Å². The lowest BCUT2D eigenvalue weighted by molar-refractivity contribution is 0.213. The number of benzene rings is 1. The minimum Gasteiger partial charge on any atom is -0.334 e. The highest BCUT2D eigenvalue weighted by Gasteiger charge is 2.59. The Morgan fingerprint density at radius 3 is 2.76 bits per heavy atom. The van der Waals surface area contributed by atoms with Gasteiger partial charge in [-0.2, -0.15) is 22.4 Å². The van der Waals surface area contributed by atoms with Gasteiger partial charge in [-0.15, -0.1) is 0 Å². The largest absolute Gasteiger partial charge is 0.334 e. The van der Waals surface area contributed by atoms with Gasteiger partial charge in [-0.25, -0.2) is 4.98 Å². The van der Waals surface area contributed by atoms with Crippen molar-refractivity contribution in [3.05, 3.63) is 47.9 Å². The van der Waals surface area contributed by atoms with Gasteiger partial charge in [0.1, 0.15) is 5.69 Å². The van der Waals surface area contributed by atoms with Crippen molar-refractivity contribution in [1.29, 1.82) is 0 Å². The van der Waals surface area contributed by atoms with Crippen LogP contribution in [0.1, 0.15) is 37.3 Å². The highest BCUT2D eigenvalue weighted by atomic mass is 32.2. The standard InChI is InChI=1S/C23H26N6O3S/c1-2-9-29-14-23(28-33(29,30)31)18-5-6-19(23)12-17-10-16(4-3-15(17)11-18)22-26-21(27-32-22)20-13-24-7-8-25-20/h3-4,7-8,10,13,18-19,28H,2,5-6,9,11-12,14H2,1H3. The van der Waals surface area contributed by atoms with Crippen molar-refractivity contribution >= 4 is 10.2 Å². The zero-order chi connectivity index (χ0) is 22.6. The molecule has 1 N–H and O–H groups in total. The highest BCUT2D eigenvalue weighted by molar-refractivity contribution is 7.87. The average Bonchev–Trinajstić information content (AvgIpc) is 3.45. The van der Waals surface area contributed by atoms with E-state index < -0.39 is 10.2 Å². The van der Waals surface area contributed by atoms with Crippen LogP contribution < -0.4 is 4.72 Å². The predicted molar refractivity (Wildman–Crippen MR) is 121 cm³/mol. The SMILES string of the molecule is CCCN1CC2(NS1(=O)=O)C1CCC2Cc2cc(-c3nc(-c4cnccn4)no3)ccc2C1. The average molecular weight is 467 g/mol. The molecular weight excluding hydrogens is 440 g/mol. The Labute approximate surface area is 192 Å². The number of nitrogens with one attached hydrogen (secondary N) is 1. The van der Waals surface area contributed by atoms with Crippen LogP contribution in [-0.4, -0.2) is 51.5 Å². The molecule has 3 atom stereocenters. The molecule has 2 aromatic heterocycles. The van der Waals surface area contributed by atoms with Crippen molar-refractivity contribution in [3.8, 4) is 23.0 Å². The maximum absolute atomic E-state index is 12.9. The molecule has 3 unspecified atom stereocenters. The summed E-state index contributed by atoms with van der Waals surface area (Å²) < 4.78 is 36.0. The lowest BCUT2D eigenvalue weighted by Gasteiger charge is -2.33. The van der Waals surface area contributed by atoms with Crippen molar-refractivity contribution in [2.24, 2.45) is 11.8 Å². The smallest absolute Gasteiger partial charge is 0.280 e. The third kappa shape index (κ3) is 3.39. The molecule has 0 amide bonds. The maximum atomic E-state index is 12.9. The van der Waals surface area contributed by atoms with E-state index in [0.29, 0.717) is 36.4 Å². The second-order valence-electron chi connectivity index (χ2n) is 9.36. The van der Waals surface area contributed by atoms with Crippen LogP contribution in [0.4, 0.5) is 0 Å². The van der Waals surface area contributed by atoms with Crippen LogP contribution in [0.5, 0.6) is 0 Å². The summed E-state index contributed by atoms with van der Waals surface area (Å²) in [4.78, 5) is 12.8. The molecule has 33 heavy (non-hydrogen) atoms. The van der Waals surface area contributed by atoms with Crippen molar-refractivity contribution in [2.75, 3.05) is 13.1 Å². The van der Waals surface area contributed by atoms with Gasteiger partial charge in [0.2, 0.25) is 5.82 Å². The molecule has 3 aliphatic rings. The van der Waals surface area contributed by atoms with Crippen LogP contribution in [0.15, 0.2) is 41.3 Å². The summed E-state index contributed by atoms with van der Waals surface area (Å²) in [6, 6.07) is 6.28. The zero-order valence-electron chi connectivity index (χ0n) is 18.4. The molecule has 2 bridgehead atoms. The molecule has 2 aliphatic carbocycles. The maximum Gasteiger partial charge on any atom is 0.280 e. The Kier molecular flexibility index (Phi) is 4.86. The number of hydrogen-bond donors (Lipinski definition) is 1. The van der Waals surface area contributed by atoms with Crippen molar-refractivity contribution in [1.82, 2.24) is 29.1 Å². The summed E-state index contributed by atoms with van der Waals surface area (Å²) in [6.45, 7) is 3.16. The summed E-state index contributed by atoms with van der Waals surface area (Å²) in [5.74, 6) is 1.42. The molecule has 9 nitrogen and oxygen atoms in total. The molecule has 1 aromatic carbocycles. The third-order valence-electron chi connectivity index (χ3n) is 7.49. The van der Waals surface area contributed by atoms with Crippen molar-refractivity contribution < 1.29 is 12.9 Å². The first-order valence-corrected chi connectivity index (χ1v) is 12.9. The fourth-order valence-corrected chi connectivity index (χ4v) is 7.76. The Hall–Kier alpha value is -2.69. The van der Waals surface area contributed by atoms with E-state index in [0.717, 1.165) is 37.7 Å². The number of hydrogen-bond acceptors (Lipinski definition) is 7. The lowest BCUT2D eigenvalue weighted by atomic mass is 9.79. The van der Waals surface area contributed by atoms with Gasteiger partial charge in [-0.3, -0.25) is 4.98 Å². The number of aromatic nitrogens is 4. The van der Waals surface area contributed by atoms with Crippen LogP contribution in [0, 0.1) is 11.8 Å². The Bertz CT molecular complexity index is 1290. The van der Waals surface area contributed by atoms with Gasteiger partial charge in [0, 0.05) is 31.0 Å². The quantitative estimate of drug-likeness (QED) is 0.629. The van der Waals surface area contributed by atoms with E-state index in [1.54, 1.807) is 22.9 Å². The predicted octanol–water partition coefficient (Wildman–Crippen LogP) is 2.62. The van der Waals surface area contributed by atoms with Gasteiger partial charge in [0.25, 0.3) is 16.1 Å². The van der Waals surface area contributed by atoms with E-state index in [4.69, 9.17) is 4.52 Å². The first-order valence-electron chi connectivity index (χ1n) is 11.5. The van der Waals surface area contributed by atoms with E-state index in [1.165, 1.54) is 11.1 Å². The Morgan fingerprint density at radius 1 is 1.18 bits per heavy atom. The van der Waals surface area contributed by atoms with Crippen LogP contribution in [0.3, 0.4) is 0 Å². The molecule has 1 saturated carbocycles. The monoisotopic (exact) mass is 466 g/mol. The molecular formula is C23H26N6O3S. The molecule has 0 radical (unpaired) electrons. The summed E-state index contributed by atoms with van der Waals surface area (Å²) in [6.07, 6.45) is 9.42. The van der Waals surface area contributed by atoms with Crippen molar-refractivity contribution in [2.45, 2.75) is 44.6 Å². The second kappa shape index (κ2) is 7.68. The van der Waals surface area contributed by atoms with Gasteiger partial charge in [0.05, 0.1) is 11.7 Å².